The molecule has 0 radical (unpaired) electrons. The molecule has 5 nitrogen and oxygen atoms in total. The topological polar surface area (TPSA) is 69.0 Å². The van der Waals surface area contributed by atoms with Gasteiger partial charge in [-0.05, 0) is 49.1 Å². The van der Waals surface area contributed by atoms with Crippen LogP contribution in [0.25, 0.3) is 0 Å². The van der Waals surface area contributed by atoms with E-state index in [0.29, 0.717) is 5.56 Å². The van der Waals surface area contributed by atoms with E-state index in [4.69, 9.17) is 5.26 Å². The van der Waals surface area contributed by atoms with Crippen molar-refractivity contribution in [2.75, 3.05) is 23.3 Å². The molecular formula is C20H22N4O. The van der Waals surface area contributed by atoms with Crippen LogP contribution < -0.4 is 10.2 Å². The summed E-state index contributed by atoms with van der Waals surface area (Å²) in [5.41, 5.74) is 2.69. The Labute approximate surface area is 148 Å². The molecule has 0 unspecified atom stereocenters. The van der Waals surface area contributed by atoms with Gasteiger partial charge in [-0.1, -0.05) is 19.1 Å². The molecule has 25 heavy (non-hydrogen) atoms. The standard InChI is InChI=1S/C20H22N4O/c1-2-15-3-6-18(7-4-15)23-20(25)17-9-11-24(12-10-17)19-8-5-16(13-21)14-22-19/h3-8,14,17H,2,9-12H2,1H3,(H,23,25). The fraction of sp³-hybridized carbons (Fsp3) is 0.350. The number of anilines is 2. The Morgan fingerprint density at radius 3 is 2.52 bits per heavy atom. The van der Waals surface area contributed by atoms with Gasteiger partial charge in [-0.25, -0.2) is 4.98 Å². The van der Waals surface area contributed by atoms with Crippen LogP contribution in [0.2, 0.25) is 0 Å². The lowest BCUT2D eigenvalue weighted by Gasteiger charge is -2.32. The summed E-state index contributed by atoms with van der Waals surface area (Å²) >= 11 is 0. The van der Waals surface area contributed by atoms with Crippen LogP contribution in [0.5, 0.6) is 0 Å². The van der Waals surface area contributed by atoms with Gasteiger partial charge in [-0.3, -0.25) is 4.79 Å². The molecule has 1 fully saturated rings. The van der Waals surface area contributed by atoms with Crippen molar-refractivity contribution in [3.05, 3.63) is 53.7 Å². The molecule has 3 rings (SSSR count). The van der Waals surface area contributed by atoms with Crippen molar-refractivity contribution in [3.63, 3.8) is 0 Å². The van der Waals surface area contributed by atoms with E-state index in [-0.39, 0.29) is 11.8 Å². The van der Waals surface area contributed by atoms with Gasteiger partial charge < -0.3 is 10.2 Å². The number of carbonyl (C=O) groups excluding carboxylic acids is 1. The molecule has 0 saturated carbocycles. The maximum atomic E-state index is 12.5. The number of rotatable bonds is 4. The van der Waals surface area contributed by atoms with Gasteiger partial charge >= 0.3 is 0 Å². The molecule has 2 aromatic rings. The molecule has 1 N–H and O–H groups in total. The van der Waals surface area contributed by atoms with Gasteiger partial charge in [0.25, 0.3) is 0 Å². The van der Waals surface area contributed by atoms with Crippen molar-refractivity contribution in [1.29, 1.82) is 5.26 Å². The predicted octanol–water partition coefficient (Wildman–Crippen LogP) is 3.37. The number of piperidine rings is 1. The highest BCUT2D eigenvalue weighted by Crippen LogP contribution is 2.23. The average Bonchev–Trinajstić information content (AvgIpc) is 2.69. The Kier molecular flexibility index (Phi) is 5.30. The lowest BCUT2D eigenvalue weighted by Crippen LogP contribution is -2.38. The van der Waals surface area contributed by atoms with Crippen LogP contribution in [-0.2, 0) is 11.2 Å². The minimum absolute atomic E-state index is 0.0282. The SMILES string of the molecule is CCc1ccc(NC(=O)C2CCN(c3ccc(C#N)cn3)CC2)cc1. The number of nitrogens with zero attached hydrogens (tertiary/aromatic N) is 3. The smallest absolute Gasteiger partial charge is 0.227 e. The second-order valence-electron chi connectivity index (χ2n) is 6.32. The number of nitriles is 1. The van der Waals surface area contributed by atoms with Crippen molar-refractivity contribution in [2.24, 2.45) is 5.92 Å². The van der Waals surface area contributed by atoms with Gasteiger partial charge in [-0.2, -0.15) is 5.26 Å². The van der Waals surface area contributed by atoms with Crippen molar-refractivity contribution >= 4 is 17.4 Å². The Hall–Kier alpha value is -2.87. The maximum absolute atomic E-state index is 12.5. The van der Waals surface area contributed by atoms with E-state index in [1.807, 2.05) is 18.2 Å². The average molecular weight is 334 g/mol. The first kappa shape index (κ1) is 17.0. The maximum Gasteiger partial charge on any atom is 0.227 e. The number of hydrogen-bond acceptors (Lipinski definition) is 4. The third-order valence-electron chi connectivity index (χ3n) is 4.70. The largest absolute Gasteiger partial charge is 0.357 e. The third-order valence-corrected chi connectivity index (χ3v) is 4.70. The summed E-state index contributed by atoms with van der Waals surface area (Å²) in [6.07, 6.45) is 4.20. The quantitative estimate of drug-likeness (QED) is 0.931. The number of amides is 1. The summed E-state index contributed by atoms with van der Waals surface area (Å²) in [6.45, 7) is 3.71. The Morgan fingerprint density at radius 2 is 1.96 bits per heavy atom. The summed E-state index contributed by atoms with van der Waals surface area (Å²) in [7, 11) is 0. The zero-order chi connectivity index (χ0) is 17.6. The molecular weight excluding hydrogens is 312 g/mol. The van der Waals surface area contributed by atoms with Crippen molar-refractivity contribution < 1.29 is 4.79 Å². The van der Waals surface area contributed by atoms with Gasteiger partial charge in [0, 0.05) is 30.9 Å². The van der Waals surface area contributed by atoms with Crippen LogP contribution in [0.4, 0.5) is 11.5 Å². The van der Waals surface area contributed by atoms with Gasteiger partial charge in [0.05, 0.1) is 5.56 Å². The van der Waals surface area contributed by atoms with E-state index < -0.39 is 0 Å². The van der Waals surface area contributed by atoms with E-state index in [1.165, 1.54) is 5.56 Å². The van der Waals surface area contributed by atoms with Gasteiger partial charge in [0.2, 0.25) is 5.91 Å². The minimum atomic E-state index is 0.0282. The summed E-state index contributed by atoms with van der Waals surface area (Å²) < 4.78 is 0. The molecule has 0 aliphatic carbocycles. The molecule has 1 aliphatic heterocycles. The molecule has 2 heterocycles. The molecule has 5 heteroatoms. The lowest BCUT2D eigenvalue weighted by atomic mass is 9.95. The van der Waals surface area contributed by atoms with E-state index in [2.05, 4.69) is 40.3 Å². The molecule has 128 valence electrons. The number of pyridine rings is 1. The molecule has 0 atom stereocenters. The summed E-state index contributed by atoms with van der Waals surface area (Å²) in [5, 5.41) is 11.9. The van der Waals surface area contributed by atoms with E-state index >= 15 is 0 Å². The second kappa shape index (κ2) is 7.80. The predicted molar refractivity (Wildman–Crippen MR) is 98.3 cm³/mol. The number of aromatic nitrogens is 1. The monoisotopic (exact) mass is 334 g/mol. The normalized spacial score (nSPS) is 14.8. The molecule has 0 bridgehead atoms. The number of aryl methyl sites for hydroxylation is 1. The fourth-order valence-electron chi connectivity index (χ4n) is 3.08. The van der Waals surface area contributed by atoms with E-state index in [1.54, 1.807) is 12.3 Å². The van der Waals surface area contributed by atoms with Gasteiger partial charge in [0.15, 0.2) is 0 Å². The number of carbonyl (C=O) groups is 1. The Morgan fingerprint density at radius 1 is 1.24 bits per heavy atom. The molecule has 0 spiro atoms. The van der Waals surface area contributed by atoms with Crippen LogP contribution >= 0.6 is 0 Å². The van der Waals surface area contributed by atoms with Crippen LogP contribution in [0, 0.1) is 17.2 Å². The molecule has 1 aromatic carbocycles. The molecule has 1 saturated heterocycles. The number of hydrogen-bond donors (Lipinski definition) is 1. The Bertz CT molecular complexity index is 754. The highest BCUT2D eigenvalue weighted by atomic mass is 16.1. The van der Waals surface area contributed by atoms with Crippen molar-refractivity contribution in [3.8, 4) is 6.07 Å². The number of benzene rings is 1. The van der Waals surface area contributed by atoms with Gasteiger partial charge in [-0.15, -0.1) is 0 Å². The number of nitrogens with one attached hydrogen (secondary N) is 1. The highest BCUT2D eigenvalue weighted by molar-refractivity contribution is 5.92. The van der Waals surface area contributed by atoms with E-state index in [0.717, 1.165) is 43.9 Å². The van der Waals surface area contributed by atoms with Gasteiger partial charge in [0.1, 0.15) is 11.9 Å². The zero-order valence-corrected chi connectivity index (χ0v) is 14.4. The molecule has 1 amide bonds. The van der Waals surface area contributed by atoms with Crippen molar-refractivity contribution in [1.82, 2.24) is 4.98 Å². The minimum Gasteiger partial charge on any atom is -0.357 e. The van der Waals surface area contributed by atoms with Crippen LogP contribution in [-0.4, -0.2) is 24.0 Å². The van der Waals surface area contributed by atoms with Crippen LogP contribution in [0.3, 0.4) is 0 Å². The lowest BCUT2D eigenvalue weighted by molar-refractivity contribution is -0.120. The third kappa shape index (κ3) is 4.16. The summed E-state index contributed by atoms with van der Waals surface area (Å²) in [6, 6.07) is 13.8. The summed E-state index contributed by atoms with van der Waals surface area (Å²) in [5.74, 6) is 0.991. The second-order valence-corrected chi connectivity index (χ2v) is 6.32. The highest BCUT2D eigenvalue weighted by Gasteiger charge is 2.25. The first-order chi connectivity index (χ1) is 12.2. The van der Waals surface area contributed by atoms with Crippen molar-refractivity contribution in [2.45, 2.75) is 26.2 Å². The van der Waals surface area contributed by atoms with Crippen LogP contribution in [0.15, 0.2) is 42.6 Å². The van der Waals surface area contributed by atoms with Crippen LogP contribution in [0.1, 0.15) is 30.9 Å². The zero-order valence-electron chi connectivity index (χ0n) is 14.4. The molecule has 1 aromatic heterocycles. The Balaban J connectivity index is 1.53. The van der Waals surface area contributed by atoms with E-state index in [9.17, 15) is 4.79 Å². The summed E-state index contributed by atoms with van der Waals surface area (Å²) in [4.78, 5) is 19.0. The molecule has 1 aliphatic rings. The first-order valence-electron chi connectivity index (χ1n) is 8.70. The first-order valence-corrected chi connectivity index (χ1v) is 8.70. The fourth-order valence-corrected chi connectivity index (χ4v) is 3.08.